The number of carboxylic acid groups (broad SMARTS) is 1. The first kappa shape index (κ1) is 15.1. The van der Waals surface area contributed by atoms with Crippen molar-refractivity contribution in [2.45, 2.75) is 26.2 Å². The molecular weight excluding hydrogens is 324 g/mol. The Kier molecular flexibility index (Phi) is 3.49. The lowest BCUT2D eigenvalue weighted by molar-refractivity contribution is -0.119. The van der Waals surface area contributed by atoms with Crippen LogP contribution in [0.1, 0.15) is 39.2 Å². The summed E-state index contributed by atoms with van der Waals surface area (Å²) < 4.78 is 0. The Hall–Kier alpha value is -2.47. The van der Waals surface area contributed by atoms with Crippen LogP contribution in [0.5, 0.6) is 0 Å². The van der Waals surface area contributed by atoms with Gasteiger partial charge in [0.25, 0.3) is 0 Å². The lowest BCUT2D eigenvalue weighted by Crippen LogP contribution is -2.39. The number of carboxylic acids is 1. The fourth-order valence-corrected chi connectivity index (χ4v) is 4.31. The topological polar surface area (TPSA) is 70.0 Å². The zero-order chi connectivity index (χ0) is 16.8. The predicted octanol–water partition coefficient (Wildman–Crippen LogP) is 3.46. The monoisotopic (exact) mass is 340 g/mol. The summed E-state index contributed by atoms with van der Waals surface area (Å²) in [7, 11) is 0. The summed E-state index contributed by atoms with van der Waals surface area (Å²) in [6.07, 6.45) is 2.28. The van der Waals surface area contributed by atoms with Gasteiger partial charge in [-0.25, -0.2) is 4.79 Å². The first-order valence-electron chi connectivity index (χ1n) is 7.86. The van der Waals surface area contributed by atoms with E-state index in [-0.39, 0.29) is 17.4 Å². The zero-order valence-corrected chi connectivity index (χ0v) is 14.0. The number of amides is 1. The van der Waals surface area contributed by atoms with E-state index in [1.54, 1.807) is 23.5 Å². The third kappa shape index (κ3) is 2.34. The Morgan fingerprint density at radius 1 is 1.38 bits per heavy atom. The van der Waals surface area contributed by atoms with Crippen molar-refractivity contribution in [3.63, 3.8) is 0 Å². The number of fused-ring (bicyclic) bond motifs is 3. The number of benzene rings is 1. The summed E-state index contributed by atoms with van der Waals surface area (Å²) in [4.78, 5) is 25.4. The summed E-state index contributed by atoms with van der Waals surface area (Å²) in [6.45, 7) is 1.87. The highest BCUT2D eigenvalue weighted by Crippen LogP contribution is 2.36. The molecule has 122 valence electrons. The minimum Gasteiger partial charge on any atom is -0.478 e. The van der Waals surface area contributed by atoms with Gasteiger partial charge in [0.15, 0.2) is 0 Å². The molecule has 0 spiro atoms. The molecule has 1 amide bonds. The average Bonchev–Trinajstić information content (AvgIpc) is 3.02. The quantitative estimate of drug-likeness (QED) is 0.910. The predicted molar refractivity (Wildman–Crippen MR) is 92.9 cm³/mol. The fraction of sp³-hybridized carbons (Fsp3) is 0.278. The Morgan fingerprint density at radius 2 is 2.21 bits per heavy atom. The van der Waals surface area contributed by atoms with E-state index in [0.717, 1.165) is 29.7 Å². The van der Waals surface area contributed by atoms with Gasteiger partial charge >= 0.3 is 5.97 Å². The summed E-state index contributed by atoms with van der Waals surface area (Å²) in [5.74, 6) is -1.07. The number of aromatic carboxylic acids is 1. The van der Waals surface area contributed by atoms with Crippen LogP contribution >= 0.6 is 11.3 Å². The van der Waals surface area contributed by atoms with Crippen molar-refractivity contribution < 1.29 is 14.7 Å². The molecule has 4 rings (SSSR count). The van der Waals surface area contributed by atoms with Gasteiger partial charge in [0.05, 0.1) is 17.0 Å². The molecule has 0 bridgehead atoms. The molecule has 2 heterocycles. The van der Waals surface area contributed by atoms with E-state index in [4.69, 9.17) is 0 Å². The molecule has 2 aliphatic rings. The Morgan fingerprint density at radius 3 is 3.00 bits per heavy atom. The van der Waals surface area contributed by atoms with Crippen molar-refractivity contribution >= 4 is 34.6 Å². The lowest BCUT2D eigenvalue weighted by Gasteiger charge is -2.32. The molecule has 0 radical (unpaired) electrons. The van der Waals surface area contributed by atoms with Crippen LogP contribution in [0.25, 0.3) is 0 Å². The van der Waals surface area contributed by atoms with E-state index in [2.05, 4.69) is 5.10 Å². The van der Waals surface area contributed by atoms with Gasteiger partial charge in [-0.1, -0.05) is 6.07 Å². The van der Waals surface area contributed by atoms with Crippen molar-refractivity contribution in [3.05, 3.63) is 51.2 Å². The van der Waals surface area contributed by atoms with Crippen molar-refractivity contribution in [2.24, 2.45) is 11.0 Å². The second-order valence-electron chi connectivity index (χ2n) is 6.21. The average molecular weight is 340 g/mol. The molecule has 6 heteroatoms. The van der Waals surface area contributed by atoms with Crippen LogP contribution in [0.15, 0.2) is 34.7 Å². The fourth-order valence-electron chi connectivity index (χ4n) is 3.41. The van der Waals surface area contributed by atoms with E-state index in [9.17, 15) is 14.7 Å². The largest absolute Gasteiger partial charge is 0.478 e. The third-order valence-corrected chi connectivity index (χ3v) is 5.59. The highest BCUT2D eigenvalue weighted by atomic mass is 32.1. The number of carbonyl (C=O) groups is 2. The van der Waals surface area contributed by atoms with Crippen LogP contribution in [0.4, 0.5) is 5.69 Å². The Labute approximate surface area is 143 Å². The molecule has 24 heavy (non-hydrogen) atoms. The first-order valence-corrected chi connectivity index (χ1v) is 8.74. The first-order chi connectivity index (χ1) is 11.5. The van der Waals surface area contributed by atoms with E-state index in [0.29, 0.717) is 12.1 Å². The molecule has 1 aliphatic carbocycles. The maximum absolute atomic E-state index is 12.6. The van der Waals surface area contributed by atoms with Gasteiger partial charge in [-0.15, -0.1) is 11.3 Å². The molecule has 0 saturated heterocycles. The number of anilines is 1. The molecule has 1 aliphatic heterocycles. The molecule has 1 aromatic heterocycles. The maximum atomic E-state index is 12.6. The smallest absolute Gasteiger partial charge is 0.337 e. The molecular formula is C18H16N2O3S. The molecule has 1 aromatic carbocycles. The molecule has 1 N–H and O–H groups in total. The van der Waals surface area contributed by atoms with Gasteiger partial charge in [0.2, 0.25) is 5.91 Å². The molecule has 2 aromatic rings. The molecule has 5 nitrogen and oxygen atoms in total. The van der Waals surface area contributed by atoms with Crippen molar-refractivity contribution in [2.75, 3.05) is 5.01 Å². The Balaban J connectivity index is 1.86. The number of carbonyl (C=O) groups excluding carboxylic acids is 1. The van der Waals surface area contributed by atoms with Crippen LogP contribution in [-0.2, 0) is 11.2 Å². The Bertz CT molecular complexity index is 884. The third-order valence-electron chi connectivity index (χ3n) is 4.60. The van der Waals surface area contributed by atoms with Crippen molar-refractivity contribution in [1.82, 2.24) is 0 Å². The van der Waals surface area contributed by atoms with Crippen LogP contribution < -0.4 is 5.01 Å². The zero-order valence-electron chi connectivity index (χ0n) is 13.2. The number of hydrogen-bond donors (Lipinski definition) is 1. The molecule has 1 unspecified atom stereocenters. The minimum atomic E-state index is -1.06. The van der Waals surface area contributed by atoms with Gasteiger partial charge < -0.3 is 5.11 Å². The van der Waals surface area contributed by atoms with Crippen LogP contribution in [-0.4, -0.2) is 22.7 Å². The second kappa shape index (κ2) is 5.56. The highest BCUT2D eigenvalue weighted by Gasteiger charge is 2.36. The van der Waals surface area contributed by atoms with Crippen LogP contribution in [0, 0.1) is 12.8 Å². The van der Waals surface area contributed by atoms with Crippen LogP contribution in [0.2, 0.25) is 0 Å². The highest BCUT2D eigenvalue weighted by molar-refractivity contribution is 7.10. The number of hydrazone groups is 1. The molecule has 1 atom stereocenters. The standard InChI is InChI=1S/C18H16N2O3S/c1-10-2-4-12(18(22)23)14(8-10)20-16(21)9-11-3-5-15-13(6-7-24-15)17(11)19-20/h2,4,6-8,11H,3,5,9H2,1H3,(H,22,23). The van der Waals surface area contributed by atoms with E-state index < -0.39 is 5.97 Å². The molecule has 0 fully saturated rings. The minimum absolute atomic E-state index is 0.0955. The van der Waals surface area contributed by atoms with Gasteiger partial charge in [-0.3, -0.25) is 4.79 Å². The van der Waals surface area contributed by atoms with Gasteiger partial charge in [-0.2, -0.15) is 10.1 Å². The number of thiophene rings is 1. The SMILES string of the molecule is Cc1ccc(C(=O)O)c(N2N=C3c4ccsc4CCC3CC2=O)c1. The number of nitrogens with zero attached hydrogens (tertiary/aromatic N) is 2. The summed E-state index contributed by atoms with van der Waals surface area (Å²) >= 11 is 1.71. The van der Waals surface area contributed by atoms with E-state index >= 15 is 0 Å². The number of hydrogen-bond acceptors (Lipinski definition) is 4. The summed E-state index contributed by atoms with van der Waals surface area (Å²) in [6, 6.07) is 7.02. The second-order valence-corrected chi connectivity index (χ2v) is 7.21. The normalized spacial score (nSPS) is 19.5. The lowest BCUT2D eigenvalue weighted by atomic mass is 9.83. The van der Waals surface area contributed by atoms with E-state index in [1.807, 2.05) is 18.4 Å². The summed E-state index contributed by atoms with van der Waals surface area (Å²) in [5.41, 5.74) is 3.36. The van der Waals surface area contributed by atoms with Crippen molar-refractivity contribution in [3.8, 4) is 0 Å². The van der Waals surface area contributed by atoms with Crippen molar-refractivity contribution in [1.29, 1.82) is 0 Å². The van der Waals surface area contributed by atoms with E-state index in [1.165, 1.54) is 16.0 Å². The van der Waals surface area contributed by atoms with Crippen LogP contribution in [0.3, 0.4) is 0 Å². The van der Waals surface area contributed by atoms with Gasteiger partial charge in [0, 0.05) is 22.8 Å². The number of aryl methyl sites for hydroxylation is 2. The summed E-state index contributed by atoms with van der Waals surface area (Å²) in [5, 5.41) is 17.4. The van der Waals surface area contributed by atoms with Gasteiger partial charge in [-0.05, 0) is 48.9 Å². The number of rotatable bonds is 2. The maximum Gasteiger partial charge on any atom is 0.337 e. The molecule has 0 saturated carbocycles. The van der Waals surface area contributed by atoms with Gasteiger partial charge in [0.1, 0.15) is 0 Å².